The van der Waals surface area contributed by atoms with E-state index >= 15 is 0 Å². The van der Waals surface area contributed by atoms with Gasteiger partial charge in [0, 0.05) is 11.0 Å². The normalized spacial score (nSPS) is 11.8. The molecule has 0 bridgehead atoms. The molecule has 2 aromatic carbocycles. The molecular weight excluding hydrogens is 395 g/mol. The van der Waals surface area contributed by atoms with E-state index in [0.717, 1.165) is 4.47 Å². The number of hydrogen-bond acceptors (Lipinski definition) is 4. The van der Waals surface area contributed by atoms with Gasteiger partial charge in [-0.3, -0.25) is 0 Å². The lowest BCUT2D eigenvalue weighted by atomic mass is 10.1. The van der Waals surface area contributed by atoms with E-state index in [0.29, 0.717) is 0 Å². The van der Waals surface area contributed by atoms with Gasteiger partial charge in [-0.1, -0.05) is 22.0 Å². The van der Waals surface area contributed by atoms with Gasteiger partial charge >= 0.3 is 0 Å². The molecule has 7 heteroatoms. The first kappa shape index (κ1) is 18.4. The quantitative estimate of drug-likeness (QED) is 0.804. The molecule has 0 aromatic heterocycles. The molecule has 0 unspecified atom stereocenters. The summed E-state index contributed by atoms with van der Waals surface area (Å²) in [5.41, 5.74) is 0.144. The Kier molecular flexibility index (Phi) is 5.31. The number of anilines is 1. The first-order valence-electron chi connectivity index (χ1n) is 7.12. The molecule has 0 saturated heterocycles. The monoisotopic (exact) mass is 410 g/mol. The lowest BCUT2D eigenvalue weighted by Gasteiger charge is -2.26. The van der Waals surface area contributed by atoms with Crippen molar-refractivity contribution >= 4 is 31.5 Å². The Morgan fingerprint density at radius 1 is 1.21 bits per heavy atom. The van der Waals surface area contributed by atoms with Crippen LogP contribution in [0.25, 0.3) is 0 Å². The van der Waals surface area contributed by atoms with Crippen LogP contribution in [0.2, 0.25) is 0 Å². The number of sulfone groups is 1. The highest BCUT2D eigenvalue weighted by molar-refractivity contribution is 9.10. The third-order valence-electron chi connectivity index (χ3n) is 3.68. The van der Waals surface area contributed by atoms with Gasteiger partial charge in [-0.2, -0.15) is 5.26 Å². The fourth-order valence-electron chi connectivity index (χ4n) is 2.12. The molecule has 0 heterocycles. The summed E-state index contributed by atoms with van der Waals surface area (Å²) in [6.07, 6.45) is 0. The lowest BCUT2D eigenvalue weighted by Crippen LogP contribution is -2.39. The highest BCUT2D eigenvalue weighted by Crippen LogP contribution is 2.28. The van der Waals surface area contributed by atoms with Crippen LogP contribution < -0.4 is 5.32 Å². The van der Waals surface area contributed by atoms with Crippen LogP contribution in [-0.2, 0) is 9.84 Å². The number of rotatable bonds is 5. The second kappa shape index (κ2) is 6.91. The number of nitriles is 1. The van der Waals surface area contributed by atoms with Crippen molar-refractivity contribution in [3.63, 3.8) is 0 Å². The van der Waals surface area contributed by atoms with Crippen molar-refractivity contribution in [3.05, 3.63) is 58.3 Å². The molecule has 0 aliphatic heterocycles. The second-order valence-corrected chi connectivity index (χ2v) is 9.34. The van der Waals surface area contributed by atoms with E-state index in [-0.39, 0.29) is 22.7 Å². The molecule has 0 aliphatic rings. The van der Waals surface area contributed by atoms with Gasteiger partial charge in [0.15, 0.2) is 9.84 Å². The van der Waals surface area contributed by atoms with Crippen LogP contribution in [0.15, 0.2) is 51.8 Å². The summed E-state index contributed by atoms with van der Waals surface area (Å²) in [6.45, 7) is 3.20. The lowest BCUT2D eigenvalue weighted by molar-refractivity contribution is 0.553. The molecule has 4 nitrogen and oxygen atoms in total. The minimum absolute atomic E-state index is 0.0313. The Hall–Kier alpha value is -1.91. The molecule has 0 radical (unpaired) electrons. The van der Waals surface area contributed by atoms with Crippen molar-refractivity contribution < 1.29 is 12.8 Å². The molecule has 0 fully saturated rings. The molecule has 0 spiro atoms. The van der Waals surface area contributed by atoms with Crippen LogP contribution in [-0.4, -0.2) is 19.7 Å². The summed E-state index contributed by atoms with van der Waals surface area (Å²) in [6, 6.07) is 12.4. The number of hydrogen-bond donors (Lipinski definition) is 1. The maximum Gasteiger partial charge on any atom is 0.185 e. The second-order valence-electron chi connectivity index (χ2n) is 5.84. The van der Waals surface area contributed by atoms with E-state index in [1.54, 1.807) is 38.1 Å². The zero-order chi connectivity index (χ0) is 18.0. The summed E-state index contributed by atoms with van der Waals surface area (Å²) in [7, 11) is -3.62. The Morgan fingerprint density at radius 3 is 2.42 bits per heavy atom. The van der Waals surface area contributed by atoms with Crippen LogP contribution in [0.5, 0.6) is 0 Å². The van der Waals surface area contributed by atoms with Gasteiger partial charge in [0.2, 0.25) is 0 Å². The molecule has 2 aromatic rings. The fourth-order valence-corrected chi connectivity index (χ4v) is 3.78. The van der Waals surface area contributed by atoms with Crippen molar-refractivity contribution in [1.82, 2.24) is 0 Å². The molecule has 1 N–H and O–H groups in total. The zero-order valence-corrected chi connectivity index (χ0v) is 15.6. The number of benzene rings is 2. The first-order valence-corrected chi connectivity index (χ1v) is 9.39. The predicted octanol–water partition coefficient (Wildman–Crippen LogP) is 4.12. The van der Waals surface area contributed by atoms with E-state index < -0.39 is 20.4 Å². The molecule has 126 valence electrons. The Bertz CT molecular complexity index is 888. The summed E-state index contributed by atoms with van der Waals surface area (Å²) >= 11 is 3.27. The summed E-state index contributed by atoms with van der Waals surface area (Å²) < 4.78 is 38.9. The van der Waals surface area contributed by atoms with Gasteiger partial charge in [-0.05, 0) is 50.2 Å². The van der Waals surface area contributed by atoms with Crippen LogP contribution in [0.1, 0.15) is 19.4 Å². The molecule has 0 saturated carbocycles. The Morgan fingerprint density at radius 2 is 1.83 bits per heavy atom. The van der Waals surface area contributed by atoms with Crippen molar-refractivity contribution in [2.75, 3.05) is 11.9 Å². The van der Waals surface area contributed by atoms with Gasteiger partial charge in [-0.15, -0.1) is 0 Å². The average Bonchev–Trinajstić information content (AvgIpc) is 2.53. The molecular formula is C17H16BrFN2O2S. The van der Waals surface area contributed by atoms with Crippen LogP contribution in [0, 0.1) is 17.1 Å². The van der Waals surface area contributed by atoms with Gasteiger partial charge in [-0.25, -0.2) is 12.8 Å². The van der Waals surface area contributed by atoms with Crippen LogP contribution in [0.3, 0.4) is 0 Å². The molecule has 2 rings (SSSR count). The third-order valence-corrected chi connectivity index (χ3v) is 6.70. The minimum Gasteiger partial charge on any atom is -0.382 e. The standard InChI is InChI=1S/C17H16BrFN2O2S/c1-17(2,24(22,23)13-8-6-12(18)7-9-13)11-21-16-5-3-4-15(19)14(16)10-20/h3-9,21H,11H2,1-2H3. The largest absolute Gasteiger partial charge is 0.382 e. The smallest absolute Gasteiger partial charge is 0.185 e. The number of nitrogens with zero attached hydrogens (tertiary/aromatic N) is 1. The van der Waals surface area contributed by atoms with Crippen molar-refractivity contribution in [1.29, 1.82) is 5.26 Å². The predicted molar refractivity (Wildman–Crippen MR) is 95.0 cm³/mol. The van der Waals surface area contributed by atoms with Crippen molar-refractivity contribution in [2.45, 2.75) is 23.5 Å². The average molecular weight is 411 g/mol. The summed E-state index contributed by atoms with van der Waals surface area (Å²) in [4.78, 5) is 0.206. The minimum atomic E-state index is -3.62. The van der Waals surface area contributed by atoms with E-state index in [9.17, 15) is 12.8 Å². The Balaban J connectivity index is 2.27. The fraction of sp³-hybridized carbons (Fsp3) is 0.235. The Labute approximate surface area is 149 Å². The zero-order valence-electron chi connectivity index (χ0n) is 13.2. The number of nitrogens with one attached hydrogen (secondary N) is 1. The van der Waals surface area contributed by atoms with Crippen molar-refractivity contribution in [3.8, 4) is 6.07 Å². The first-order chi connectivity index (χ1) is 11.2. The molecule has 0 aliphatic carbocycles. The molecule has 0 atom stereocenters. The van der Waals surface area contributed by atoms with Crippen LogP contribution in [0.4, 0.5) is 10.1 Å². The van der Waals surface area contributed by atoms with Gasteiger partial charge in [0.25, 0.3) is 0 Å². The summed E-state index contributed by atoms with van der Waals surface area (Å²) in [5.74, 6) is -0.643. The third kappa shape index (κ3) is 3.60. The SMILES string of the molecule is CC(C)(CNc1cccc(F)c1C#N)S(=O)(=O)c1ccc(Br)cc1. The van der Waals surface area contributed by atoms with Crippen molar-refractivity contribution in [2.24, 2.45) is 0 Å². The maximum atomic E-state index is 13.6. The van der Waals surface area contributed by atoms with Gasteiger partial charge < -0.3 is 5.32 Å². The molecule has 24 heavy (non-hydrogen) atoms. The van der Waals surface area contributed by atoms with E-state index in [1.807, 2.05) is 0 Å². The van der Waals surface area contributed by atoms with E-state index in [1.165, 1.54) is 24.3 Å². The summed E-state index contributed by atoms with van der Waals surface area (Å²) in [5, 5.41) is 11.9. The van der Waals surface area contributed by atoms with E-state index in [4.69, 9.17) is 5.26 Å². The highest BCUT2D eigenvalue weighted by atomic mass is 79.9. The van der Waals surface area contributed by atoms with Gasteiger partial charge in [0.05, 0.1) is 15.3 Å². The van der Waals surface area contributed by atoms with E-state index in [2.05, 4.69) is 21.2 Å². The topological polar surface area (TPSA) is 70.0 Å². The molecule has 0 amide bonds. The maximum absolute atomic E-state index is 13.6. The van der Waals surface area contributed by atoms with Crippen LogP contribution >= 0.6 is 15.9 Å². The number of halogens is 2. The highest BCUT2D eigenvalue weighted by Gasteiger charge is 2.35. The van der Waals surface area contributed by atoms with Gasteiger partial charge in [0.1, 0.15) is 17.4 Å².